The quantitative estimate of drug-likeness (QED) is 0.500. The number of nitro groups is 1. The van der Waals surface area contributed by atoms with Gasteiger partial charge in [0, 0.05) is 23.4 Å². The van der Waals surface area contributed by atoms with Crippen molar-refractivity contribution < 1.29 is 13.7 Å². The van der Waals surface area contributed by atoms with Crippen molar-refractivity contribution in [1.29, 1.82) is 0 Å². The molecule has 0 spiro atoms. The minimum Gasteiger partial charge on any atom is -0.371 e. The van der Waals surface area contributed by atoms with Crippen molar-refractivity contribution in [3.63, 3.8) is 0 Å². The highest BCUT2D eigenvalue weighted by Crippen LogP contribution is 2.30. The van der Waals surface area contributed by atoms with Gasteiger partial charge in [0.15, 0.2) is 0 Å². The van der Waals surface area contributed by atoms with Crippen LogP contribution >= 0.6 is 0 Å². The van der Waals surface area contributed by atoms with E-state index in [1.165, 1.54) is 6.07 Å². The first-order chi connectivity index (χ1) is 7.95. The fourth-order valence-electron chi connectivity index (χ4n) is 1.25. The Morgan fingerprint density at radius 2 is 2.18 bits per heavy atom. The third-order valence-electron chi connectivity index (χ3n) is 2.10. The summed E-state index contributed by atoms with van der Waals surface area (Å²) in [5.74, 6) is 2.33. The van der Waals surface area contributed by atoms with E-state index in [9.17, 15) is 18.9 Å². The molecule has 0 saturated carbocycles. The summed E-state index contributed by atoms with van der Waals surface area (Å²) in [6.45, 7) is 1.62. The predicted octanol–water partition coefficient (Wildman–Crippen LogP) is 2.97. The highest BCUT2D eigenvalue weighted by molar-refractivity contribution is 5.57. The van der Waals surface area contributed by atoms with Crippen molar-refractivity contribution in [3.05, 3.63) is 33.9 Å². The van der Waals surface area contributed by atoms with Crippen LogP contribution in [-0.2, 0) is 0 Å². The number of hydrogen-bond donors (Lipinski definition) is 1. The fraction of sp³-hybridized carbons (Fsp3) is 0.273. The zero-order valence-electron chi connectivity index (χ0n) is 8.98. The molecule has 0 fully saturated rings. The lowest BCUT2D eigenvalue weighted by molar-refractivity contribution is -0.385. The van der Waals surface area contributed by atoms with Crippen molar-refractivity contribution in [1.82, 2.24) is 0 Å². The standard InChI is InChI=1S/C11H10F2N2O2/c1-3-7(2)14-10-5-4-8(15(16)17)6-9(10)11(12)13/h1,4-7,11,14H,2H3. The van der Waals surface area contributed by atoms with E-state index in [0.717, 1.165) is 12.1 Å². The molecule has 0 bridgehead atoms. The van der Waals surface area contributed by atoms with Gasteiger partial charge in [0.25, 0.3) is 12.1 Å². The second-order valence-electron chi connectivity index (χ2n) is 3.36. The lowest BCUT2D eigenvalue weighted by Gasteiger charge is -2.13. The Bertz CT molecular complexity index is 469. The van der Waals surface area contributed by atoms with E-state index in [1.54, 1.807) is 6.92 Å². The topological polar surface area (TPSA) is 55.2 Å². The fourth-order valence-corrected chi connectivity index (χ4v) is 1.25. The SMILES string of the molecule is C#CC(C)Nc1ccc([N+](=O)[O-])cc1C(F)F. The van der Waals surface area contributed by atoms with Gasteiger partial charge in [-0.2, -0.15) is 0 Å². The molecule has 0 radical (unpaired) electrons. The summed E-state index contributed by atoms with van der Waals surface area (Å²) in [5.41, 5.74) is -0.698. The van der Waals surface area contributed by atoms with Gasteiger partial charge >= 0.3 is 0 Å². The third-order valence-corrected chi connectivity index (χ3v) is 2.10. The minimum absolute atomic E-state index is 0.107. The van der Waals surface area contributed by atoms with Gasteiger partial charge in [0.1, 0.15) is 0 Å². The Morgan fingerprint density at radius 1 is 1.53 bits per heavy atom. The predicted molar refractivity (Wildman–Crippen MR) is 60.0 cm³/mol. The van der Waals surface area contributed by atoms with Crippen molar-refractivity contribution in [3.8, 4) is 12.3 Å². The van der Waals surface area contributed by atoms with Crippen LogP contribution in [-0.4, -0.2) is 11.0 Å². The molecular formula is C11H10F2N2O2. The second-order valence-corrected chi connectivity index (χ2v) is 3.36. The number of halogens is 2. The maximum Gasteiger partial charge on any atom is 0.270 e. The van der Waals surface area contributed by atoms with Crippen LogP contribution in [0.1, 0.15) is 18.9 Å². The van der Waals surface area contributed by atoms with E-state index < -0.39 is 23.0 Å². The molecule has 0 aliphatic rings. The summed E-state index contributed by atoms with van der Waals surface area (Å²) in [4.78, 5) is 9.75. The molecule has 6 heteroatoms. The number of nitrogens with zero attached hydrogens (tertiary/aromatic N) is 1. The van der Waals surface area contributed by atoms with Crippen molar-refractivity contribution in [2.75, 3.05) is 5.32 Å². The Labute approximate surface area is 96.8 Å². The van der Waals surface area contributed by atoms with Crippen LogP contribution < -0.4 is 5.32 Å². The largest absolute Gasteiger partial charge is 0.371 e. The van der Waals surface area contributed by atoms with Gasteiger partial charge in [0.2, 0.25) is 0 Å². The smallest absolute Gasteiger partial charge is 0.270 e. The second kappa shape index (κ2) is 5.25. The van der Waals surface area contributed by atoms with Crippen LogP contribution in [0.5, 0.6) is 0 Å². The average molecular weight is 240 g/mol. The van der Waals surface area contributed by atoms with E-state index in [1.807, 2.05) is 0 Å². The molecule has 90 valence electrons. The highest BCUT2D eigenvalue weighted by Gasteiger charge is 2.18. The Balaban J connectivity index is 3.14. The van der Waals surface area contributed by atoms with Crippen molar-refractivity contribution in [2.45, 2.75) is 19.4 Å². The molecule has 1 aromatic rings. The van der Waals surface area contributed by atoms with E-state index >= 15 is 0 Å². The number of nitro benzene ring substituents is 1. The van der Waals surface area contributed by atoms with Crippen molar-refractivity contribution >= 4 is 11.4 Å². The molecule has 17 heavy (non-hydrogen) atoms. The molecular weight excluding hydrogens is 230 g/mol. The lowest BCUT2D eigenvalue weighted by atomic mass is 10.1. The first kappa shape index (κ1) is 12.9. The van der Waals surface area contributed by atoms with Crippen molar-refractivity contribution in [2.24, 2.45) is 0 Å². The highest BCUT2D eigenvalue weighted by atomic mass is 19.3. The summed E-state index contributed by atoms with van der Waals surface area (Å²) in [6, 6.07) is 2.79. The molecule has 4 nitrogen and oxygen atoms in total. The monoisotopic (exact) mass is 240 g/mol. The molecule has 0 saturated heterocycles. The number of terminal acetylenes is 1. The van der Waals surface area contributed by atoms with Crippen LogP contribution in [0.3, 0.4) is 0 Å². The van der Waals surface area contributed by atoms with Gasteiger partial charge in [-0.1, -0.05) is 5.92 Å². The van der Waals surface area contributed by atoms with E-state index in [-0.39, 0.29) is 11.4 Å². The van der Waals surface area contributed by atoms with E-state index in [2.05, 4.69) is 11.2 Å². The van der Waals surface area contributed by atoms with Crippen LogP contribution in [0, 0.1) is 22.5 Å². The molecule has 1 unspecified atom stereocenters. The van der Waals surface area contributed by atoms with E-state index in [0.29, 0.717) is 0 Å². The lowest BCUT2D eigenvalue weighted by Crippen LogP contribution is -2.13. The normalized spacial score (nSPS) is 11.9. The molecule has 0 heterocycles. The van der Waals surface area contributed by atoms with Gasteiger partial charge < -0.3 is 5.32 Å². The number of benzene rings is 1. The maximum absolute atomic E-state index is 12.7. The summed E-state index contributed by atoms with van der Waals surface area (Å²) in [5, 5.41) is 13.1. The van der Waals surface area contributed by atoms with Crippen LogP contribution in [0.4, 0.5) is 20.2 Å². The Kier molecular flexibility index (Phi) is 3.99. The number of anilines is 1. The zero-order valence-corrected chi connectivity index (χ0v) is 8.98. The summed E-state index contributed by atoms with van der Waals surface area (Å²) in [6.07, 6.45) is 2.31. The number of nitrogens with one attached hydrogen (secondary N) is 1. The maximum atomic E-state index is 12.7. The van der Waals surface area contributed by atoms with Gasteiger partial charge in [-0.25, -0.2) is 8.78 Å². The van der Waals surface area contributed by atoms with Crippen LogP contribution in [0.2, 0.25) is 0 Å². The number of alkyl halides is 2. The molecule has 1 aromatic carbocycles. The number of hydrogen-bond acceptors (Lipinski definition) is 3. The molecule has 1 atom stereocenters. The zero-order chi connectivity index (χ0) is 13.0. The van der Waals surface area contributed by atoms with Gasteiger partial charge in [-0.3, -0.25) is 10.1 Å². The summed E-state index contributed by atoms with van der Waals surface area (Å²) >= 11 is 0. The summed E-state index contributed by atoms with van der Waals surface area (Å²) in [7, 11) is 0. The van der Waals surface area contributed by atoms with Gasteiger partial charge in [-0.15, -0.1) is 6.42 Å². The first-order valence-corrected chi connectivity index (χ1v) is 4.75. The minimum atomic E-state index is -2.80. The molecule has 0 amide bonds. The average Bonchev–Trinajstić information content (AvgIpc) is 2.28. The summed E-state index contributed by atoms with van der Waals surface area (Å²) < 4.78 is 25.4. The Hall–Kier alpha value is -2.16. The van der Waals surface area contributed by atoms with Gasteiger partial charge in [-0.05, 0) is 13.0 Å². The number of rotatable bonds is 4. The van der Waals surface area contributed by atoms with Gasteiger partial charge in [0.05, 0.1) is 11.0 Å². The number of non-ortho nitro benzene ring substituents is 1. The first-order valence-electron chi connectivity index (χ1n) is 4.75. The van der Waals surface area contributed by atoms with Crippen LogP contribution in [0.15, 0.2) is 18.2 Å². The Morgan fingerprint density at radius 3 is 2.65 bits per heavy atom. The molecule has 0 aromatic heterocycles. The molecule has 1 rings (SSSR count). The molecule has 1 N–H and O–H groups in total. The van der Waals surface area contributed by atoms with Crippen LogP contribution in [0.25, 0.3) is 0 Å². The molecule has 0 aliphatic heterocycles. The van der Waals surface area contributed by atoms with E-state index in [4.69, 9.17) is 6.42 Å². The molecule has 0 aliphatic carbocycles. The third kappa shape index (κ3) is 3.14.